The number of hydrogen-bond acceptors (Lipinski definition) is 4. The summed E-state index contributed by atoms with van der Waals surface area (Å²) in [6.07, 6.45) is 1.18. The van der Waals surface area contributed by atoms with Gasteiger partial charge in [0, 0.05) is 31.2 Å². The van der Waals surface area contributed by atoms with Crippen LogP contribution < -0.4 is 0 Å². The first-order chi connectivity index (χ1) is 12.6. The normalized spacial score (nSPS) is 15.5. The standard InChI is InChI=1S/C20H25ClN2O4/c1-14(24)17(13-15-5-7-16(21)8-6-15)18(25)22-9-11-23(12-10-22)19(26)27-20(2,3)4/h5-8,13H,9-12H2,1-4H3. The Kier molecular flexibility index (Phi) is 6.65. The number of ketones is 1. The quantitative estimate of drug-likeness (QED) is 0.449. The maximum absolute atomic E-state index is 12.8. The highest BCUT2D eigenvalue weighted by molar-refractivity contribution is 6.30. The second-order valence-corrected chi connectivity index (χ2v) is 7.86. The average Bonchev–Trinajstić information content (AvgIpc) is 2.59. The van der Waals surface area contributed by atoms with Crippen molar-refractivity contribution in [2.75, 3.05) is 26.2 Å². The zero-order valence-corrected chi connectivity index (χ0v) is 16.9. The van der Waals surface area contributed by atoms with Crippen molar-refractivity contribution in [3.05, 3.63) is 40.4 Å². The molecule has 146 valence electrons. The monoisotopic (exact) mass is 392 g/mol. The van der Waals surface area contributed by atoms with Gasteiger partial charge in [0.05, 0.1) is 5.57 Å². The van der Waals surface area contributed by atoms with Gasteiger partial charge in [0.25, 0.3) is 5.91 Å². The molecular formula is C20H25ClN2O4. The first kappa shape index (κ1) is 21.0. The van der Waals surface area contributed by atoms with Gasteiger partial charge in [-0.3, -0.25) is 9.59 Å². The Hall–Kier alpha value is -2.34. The Labute approximate surface area is 164 Å². The molecule has 2 amide bonds. The number of carbonyl (C=O) groups is 3. The van der Waals surface area contributed by atoms with Gasteiger partial charge in [0.2, 0.25) is 0 Å². The third-order valence-corrected chi connectivity index (χ3v) is 4.26. The zero-order valence-electron chi connectivity index (χ0n) is 16.1. The molecule has 0 N–H and O–H groups in total. The molecule has 0 aliphatic carbocycles. The van der Waals surface area contributed by atoms with Gasteiger partial charge >= 0.3 is 6.09 Å². The predicted molar refractivity (Wildman–Crippen MR) is 104 cm³/mol. The van der Waals surface area contributed by atoms with Crippen molar-refractivity contribution in [2.24, 2.45) is 0 Å². The molecule has 0 aromatic heterocycles. The van der Waals surface area contributed by atoms with Gasteiger partial charge in [-0.25, -0.2) is 4.79 Å². The van der Waals surface area contributed by atoms with Gasteiger partial charge in [-0.2, -0.15) is 0 Å². The van der Waals surface area contributed by atoms with E-state index >= 15 is 0 Å². The summed E-state index contributed by atoms with van der Waals surface area (Å²) in [7, 11) is 0. The van der Waals surface area contributed by atoms with Gasteiger partial charge in [-0.15, -0.1) is 0 Å². The van der Waals surface area contributed by atoms with E-state index in [4.69, 9.17) is 16.3 Å². The van der Waals surface area contributed by atoms with Crippen molar-refractivity contribution in [1.82, 2.24) is 9.80 Å². The molecule has 27 heavy (non-hydrogen) atoms. The van der Waals surface area contributed by atoms with Gasteiger partial charge in [0.1, 0.15) is 5.60 Å². The van der Waals surface area contributed by atoms with Gasteiger partial charge in [-0.05, 0) is 51.5 Å². The molecular weight excluding hydrogens is 368 g/mol. The Morgan fingerprint density at radius 3 is 2.00 bits per heavy atom. The van der Waals surface area contributed by atoms with Gasteiger partial charge < -0.3 is 14.5 Å². The third kappa shape index (κ3) is 6.10. The van der Waals surface area contributed by atoms with E-state index in [2.05, 4.69) is 0 Å². The number of amides is 2. The number of halogens is 1. The van der Waals surface area contributed by atoms with E-state index in [-0.39, 0.29) is 17.3 Å². The molecule has 0 spiro atoms. The smallest absolute Gasteiger partial charge is 0.410 e. The van der Waals surface area contributed by atoms with Crippen LogP contribution in [0.1, 0.15) is 33.3 Å². The van der Waals surface area contributed by atoms with Crippen molar-refractivity contribution in [1.29, 1.82) is 0 Å². The number of nitrogens with zero attached hydrogens (tertiary/aromatic N) is 2. The molecule has 2 rings (SSSR count). The van der Waals surface area contributed by atoms with Crippen molar-refractivity contribution >= 4 is 35.5 Å². The highest BCUT2D eigenvalue weighted by Gasteiger charge is 2.29. The van der Waals surface area contributed by atoms with Crippen LogP contribution in [0.25, 0.3) is 6.08 Å². The van der Waals surface area contributed by atoms with Crippen LogP contribution in [-0.4, -0.2) is 59.4 Å². The Balaban J connectivity index is 2.05. The highest BCUT2D eigenvalue weighted by atomic mass is 35.5. The summed E-state index contributed by atoms with van der Waals surface area (Å²) in [5, 5.41) is 0.584. The predicted octanol–water partition coefficient (Wildman–Crippen LogP) is 3.39. The van der Waals surface area contributed by atoms with E-state index < -0.39 is 11.7 Å². The third-order valence-electron chi connectivity index (χ3n) is 4.01. The minimum Gasteiger partial charge on any atom is -0.444 e. The molecule has 1 aliphatic heterocycles. The van der Waals surface area contributed by atoms with Gasteiger partial charge in [0.15, 0.2) is 5.78 Å². The first-order valence-corrected chi connectivity index (χ1v) is 9.20. The number of ether oxygens (including phenoxy) is 1. The summed E-state index contributed by atoms with van der Waals surface area (Å²) in [5.74, 6) is -0.634. The summed E-state index contributed by atoms with van der Waals surface area (Å²) in [6, 6.07) is 6.91. The molecule has 7 heteroatoms. The fraction of sp³-hybridized carbons (Fsp3) is 0.450. The summed E-state index contributed by atoms with van der Waals surface area (Å²) < 4.78 is 5.35. The van der Waals surface area contributed by atoms with Crippen LogP contribution in [0.15, 0.2) is 29.8 Å². The molecule has 1 fully saturated rings. The molecule has 1 heterocycles. The van der Waals surface area contributed by atoms with Crippen LogP contribution in [0.5, 0.6) is 0 Å². The molecule has 0 atom stereocenters. The Morgan fingerprint density at radius 2 is 1.52 bits per heavy atom. The number of piperazine rings is 1. The van der Waals surface area contributed by atoms with Crippen LogP contribution in [0, 0.1) is 0 Å². The molecule has 6 nitrogen and oxygen atoms in total. The van der Waals surface area contributed by atoms with Crippen LogP contribution in [-0.2, 0) is 14.3 Å². The molecule has 0 saturated carbocycles. The number of rotatable bonds is 3. The van der Waals surface area contributed by atoms with Crippen molar-refractivity contribution in [3.63, 3.8) is 0 Å². The van der Waals surface area contributed by atoms with E-state index in [0.29, 0.717) is 31.2 Å². The fourth-order valence-corrected chi connectivity index (χ4v) is 2.75. The average molecular weight is 393 g/mol. The lowest BCUT2D eigenvalue weighted by molar-refractivity contribution is -0.130. The van der Waals surface area contributed by atoms with E-state index in [0.717, 1.165) is 5.56 Å². The molecule has 1 aromatic rings. The number of hydrogen-bond donors (Lipinski definition) is 0. The lowest BCUT2D eigenvalue weighted by Gasteiger charge is -2.35. The SMILES string of the molecule is CC(=O)C(=Cc1ccc(Cl)cc1)C(=O)N1CCN(C(=O)OC(C)(C)C)CC1. The largest absolute Gasteiger partial charge is 0.444 e. The maximum atomic E-state index is 12.8. The summed E-state index contributed by atoms with van der Waals surface area (Å²) in [6.45, 7) is 8.24. The minimum atomic E-state index is -0.562. The molecule has 1 aliphatic rings. The second-order valence-electron chi connectivity index (χ2n) is 7.43. The highest BCUT2D eigenvalue weighted by Crippen LogP contribution is 2.17. The summed E-state index contributed by atoms with van der Waals surface area (Å²) in [5.41, 5.74) is 0.279. The van der Waals surface area contributed by atoms with E-state index in [1.807, 2.05) is 20.8 Å². The van der Waals surface area contributed by atoms with Crippen LogP contribution in [0.2, 0.25) is 5.02 Å². The summed E-state index contributed by atoms with van der Waals surface area (Å²) in [4.78, 5) is 40.1. The second kappa shape index (κ2) is 8.57. The zero-order chi connectivity index (χ0) is 20.2. The van der Waals surface area contributed by atoms with Crippen molar-refractivity contribution in [2.45, 2.75) is 33.3 Å². The Morgan fingerprint density at radius 1 is 1.00 bits per heavy atom. The van der Waals surface area contributed by atoms with Crippen LogP contribution >= 0.6 is 11.6 Å². The lowest BCUT2D eigenvalue weighted by Crippen LogP contribution is -2.52. The topological polar surface area (TPSA) is 66.9 Å². The molecule has 1 aromatic carbocycles. The number of carbonyl (C=O) groups excluding carboxylic acids is 3. The fourth-order valence-electron chi connectivity index (χ4n) is 2.63. The lowest BCUT2D eigenvalue weighted by atomic mass is 10.1. The van der Waals surface area contributed by atoms with E-state index in [9.17, 15) is 14.4 Å². The number of benzene rings is 1. The molecule has 0 bridgehead atoms. The molecule has 1 saturated heterocycles. The molecule has 0 radical (unpaired) electrons. The van der Waals surface area contributed by atoms with Gasteiger partial charge in [-0.1, -0.05) is 23.7 Å². The minimum absolute atomic E-state index is 0.114. The first-order valence-electron chi connectivity index (χ1n) is 8.82. The van der Waals surface area contributed by atoms with Crippen LogP contribution in [0.4, 0.5) is 4.79 Å². The van der Waals surface area contributed by atoms with Crippen molar-refractivity contribution < 1.29 is 19.1 Å². The Bertz CT molecular complexity index is 742. The van der Waals surface area contributed by atoms with Crippen LogP contribution in [0.3, 0.4) is 0 Å². The molecule has 0 unspecified atom stereocenters. The van der Waals surface area contributed by atoms with Crippen molar-refractivity contribution in [3.8, 4) is 0 Å². The van der Waals surface area contributed by atoms with E-state index in [1.54, 1.807) is 40.1 Å². The summed E-state index contributed by atoms with van der Waals surface area (Å²) >= 11 is 5.87. The van der Waals surface area contributed by atoms with E-state index in [1.165, 1.54) is 6.92 Å². The number of Topliss-reactive ketones (excluding diaryl/α,β-unsaturated/α-hetero) is 1. The maximum Gasteiger partial charge on any atom is 0.410 e.